The van der Waals surface area contributed by atoms with Gasteiger partial charge in [0.05, 0.1) is 25.1 Å². The van der Waals surface area contributed by atoms with E-state index in [-0.39, 0.29) is 5.75 Å². The number of aromatic hydroxyl groups is 1. The molecule has 1 saturated heterocycles. The van der Waals surface area contributed by atoms with Crippen LogP contribution in [0.2, 0.25) is 0 Å². The van der Waals surface area contributed by atoms with E-state index in [0.29, 0.717) is 5.69 Å². The van der Waals surface area contributed by atoms with Crippen LogP contribution in [0.1, 0.15) is 11.4 Å². The number of hydrogen-bond acceptors (Lipinski definition) is 5. The van der Waals surface area contributed by atoms with Crippen molar-refractivity contribution in [1.82, 2.24) is 9.88 Å². The predicted octanol–water partition coefficient (Wildman–Crippen LogP) is 0.668. The van der Waals surface area contributed by atoms with Crippen LogP contribution < -0.4 is 0 Å². The summed E-state index contributed by atoms with van der Waals surface area (Å²) in [6.45, 7) is 4.20. The second-order valence-corrected chi connectivity index (χ2v) is 3.98. The molecule has 0 unspecified atom stereocenters. The first-order chi connectivity index (χ1) is 8.29. The molecule has 1 fully saturated rings. The van der Waals surface area contributed by atoms with Gasteiger partial charge < -0.3 is 9.84 Å². The minimum absolute atomic E-state index is 0.168. The summed E-state index contributed by atoms with van der Waals surface area (Å²) in [5.74, 6) is 0.168. The number of aromatic nitrogens is 1. The molecule has 0 aliphatic carbocycles. The number of morpholine rings is 1. The Labute approximate surface area is 101 Å². The average molecular weight is 235 g/mol. The van der Waals surface area contributed by atoms with Crippen LogP contribution in [0.4, 0.5) is 0 Å². The van der Waals surface area contributed by atoms with E-state index in [1.807, 2.05) is 6.07 Å². The van der Waals surface area contributed by atoms with Crippen LogP contribution in [-0.2, 0) is 11.3 Å². The van der Waals surface area contributed by atoms with Gasteiger partial charge in [-0.1, -0.05) is 0 Å². The van der Waals surface area contributed by atoms with Gasteiger partial charge in [0.2, 0.25) is 0 Å². The summed E-state index contributed by atoms with van der Waals surface area (Å²) in [6, 6.07) is 3.51. The molecule has 0 bridgehead atoms. The standard InChI is InChI=1S/C12H17N3O2/c1-13-8-11-12(16)3-2-10(14-11)9-15-4-6-17-7-5-15/h2-3,8,16H,4-7,9H2,1H3/b13-8+. The first-order valence-electron chi connectivity index (χ1n) is 5.71. The van der Waals surface area contributed by atoms with Gasteiger partial charge in [0, 0.05) is 26.7 Å². The molecular formula is C12H17N3O2. The molecule has 0 saturated carbocycles. The average Bonchev–Trinajstić information content (AvgIpc) is 2.35. The maximum atomic E-state index is 9.58. The van der Waals surface area contributed by atoms with Crippen LogP contribution in [0.15, 0.2) is 17.1 Å². The van der Waals surface area contributed by atoms with Gasteiger partial charge in [-0.3, -0.25) is 9.89 Å². The summed E-state index contributed by atoms with van der Waals surface area (Å²) >= 11 is 0. The quantitative estimate of drug-likeness (QED) is 0.782. The largest absolute Gasteiger partial charge is 0.506 e. The minimum atomic E-state index is 0.168. The van der Waals surface area contributed by atoms with Gasteiger partial charge in [-0.25, -0.2) is 4.98 Å². The molecule has 1 aliphatic heterocycles. The van der Waals surface area contributed by atoms with Crippen molar-refractivity contribution in [3.05, 3.63) is 23.5 Å². The van der Waals surface area contributed by atoms with Gasteiger partial charge in [0.1, 0.15) is 11.4 Å². The molecule has 0 amide bonds. The van der Waals surface area contributed by atoms with Gasteiger partial charge in [0.15, 0.2) is 0 Å². The zero-order valence-corrected chi connectivity index (χ0v) is 9.96. The van der Waals surface area contributed by atoms with E-state index in [4.69, 9.17) is 4.74 Å². The first kappa shape index (κ1) is 12.0. The fourth-order valence-electron chi connectivity index (χ4n) is 1.80. The van der Waals surface area contributed by atoms with Crippen LogP contribution >= 0.6 is 0 Å². The second kappa shape index (κ2) is 5.75. The molecule has 92 valence electrons. The lowest BCUT2D eigenvalue weighted by Crippen LogP contribution is -2.35. The molecule has 0 radical (unpaired) electrons. The third-order valence-electron chi connectivity index (χ3n) is 2.70. The predicted molar refractivity (Wildman–Crippen MR) is 65.5 cm³/mol. The summed E-state index contributed by atoms with van der Waals surface area (Å²) < 4.78 is 5.30. The Hall–Kier alpha value is -1.46. The summed E-state index contributed by atoms with van der Waals surface area (Å²) in [7, 11) is 1.66. The van der Waals surface area contributed by atoms with Crippen molar-refractivity contribution >= 4 is 6.21 Å². The van der Waals surface area contributed by atoms with Crippen molar-refractivity contribution in [2.75, 3.05) is 33.4 Å². The van der Waals surface area contributed by atoms with E-state index in [1.165, 1.54) is 0 Å². The topological polar surface area (TPSA) is 58.0 Å². The van der Waals surface area contributed by atoms with Crippen LogP contribution in [0.5, 0.6) is 5.75 Å². The van der Waals surface area contributed by atoms with Gasteiger partial charge in [-0.15, -0.1) is 0 Å². The van der Waals surface area contributed by atoms with E-state index in [1.54, 1.807) is 19.3 Å². The highest BCUT2D eigenvalue weighted by Gasteiger charge is 2.12. The summed E-state index contributed by atoms with van der Waals surface area (Å²) in [6.07, 6.45) is 1.57. The van der Waals surface area contributed by atoms with Crippen molar-refractivity contribution in [1.29, 1.82) is 0 Å². The second-order valence-electron chi connectivity index (χ2n) is 3.98. The van der Waals surface area contributed by atoms with Crippen molar-refractivity contribution in [2.24, 2.45) is 4.99 Å². The Bertz CT molecular complexity index is 401. The zero-order valence-electron chi connectivity index (χ0n) is 9.96. The SMILES string of the molecule is C/N=C/c1nc(CN2CCOCC2)ccc1O. The van der Waals surface area contributed by atoms with Crippen LogP contribution in [0.3, 0.4) is 0 Å². The Morgan fingerprint density at radius 3 is 2.94 bits per heavy atom. The van der Waals surface area contributed by atoms with Crippen molar-refractivity contribution < 1.29 is 9.84 Å². The molecule has 1 N–H and O–H groups in total. The molecule has 5 nitrogen and oxygen atoms in total. The monoisotopic (exact) mass is 235 g/mol. The third-order valence-corrected chi connectivity index (χ3v) is 2.70. The molecule has 1 aromatic rings. The van der Waals surface area contributed by atoms with E-state index < -0.39 is 0 Å². The van der Waals surface area contributed by atoms with Gasteiger partial charge in [-0.05, 0) is 12.1 Å². The normalized spacial score (nSPS) is 17.7. The van der Waals surface area contributed by atoms with Gasteiger partial charge in [-0.2, -0.15) is 0 Å². The Kier molecular flexibility index (Phi) is 4.06. The van der Waals surface area contributed by atoms with E-state index in [0.717, 1.165) is 38.5 Å². The molecule has 2 heterocycles. The maximum absolute atomic E-state index is 9.58. The van der Waals surface area contributed by atoms with Gasteiger partial charge in [0.25, 0.3) is 0 Å². The summed E-state index contributed by atoms with van der Waals surface area (Å²) in [5.41, 5.74) is 1.47. The molecule has 1 aliphatic rings. The Balaban J connectivity index is 2.07. The number of pyridine rings is 1. The highest BCUT2D eigenvalue weighted by molar-refractivity contribution is 5.80. The van der Waals surface area contributed by atoms with Crippen LogP contribution in [0.25, 0.3) is 0 Å². The molecule has 0 atom stereocenters. The lowest BCUT2D eigenvalue weighted by atomic mass is 10.2. The Morgan fingerprint density at radius 2 is 2.24 bits per heavy atom. The zero-order chi connectivity index (χ0) is 12.1. The van der Waals surface area contributed by atoms with E-state index >= 15 is 0 Å². The summed E-state index contributed by atoms with van der Waals surface area (Å²) in [4.78, 5) is 10.5. The molecular weight excluding hydrogens is 218 g/mol. The lowest BCUT2D eigenvalue weighted by Gasteiger charge is -2.26. The smallest absolute Gasteiger partial charge is 0.142 e. The summed E-state index contributed by atoms with van der Waals surface area (Å²) in [5, 5.41) is 9.58. The van der Waals surface area contributed by atoms with Crippen molar-refractivity contribution in [3.8, 4) is 5.75 Å². The number of hydrogen-bond donors (Lipinski definition) is 1. The number of nitrogens with zero attached hydrogens (tertiary/aromatic N) is 3. The molecule has 17 heavy (non-hydrogen) atoms. The van der Waals surface area contributed by atoms with E-state index in [9.17, 15) is 5.11 Å². The van der Waals surface area contributed by atoms with Crippen LogP contribution in [0, 0.1) is 0 Å². The van der Waals surface area contributed by atoms with Crippen molar-refractivity contribution in [2.45, 2.75) is 6.54 Å². The number of rotatable bonds is 3. The minimum Gasteiger partial charge on any atom is -0.506 e. The van der Waals surface area contributed by atoms with Crippen molar-refractivity contribution in [3.63, 3.8) is 0 Å². The van der Waals surface area contributed by atoms with Crippen LogP contribution in [-0.4, -0.2) is 54.6 Å². The highest BCUT2D eigenvalue weighted by atomic mass is 16.5. The first-order valence-corrected chi connectivity index (χ1v) is 5.71. The highest BCUT2D eigenvalue weighted by Crippen LogP contribution is 2.14. The number of ether oxygens (including phenoxy) is 1. The molecule has 0 spiro atoms. The third kappa shape index (κ3) is 3.25. The molecule has 2 rings (SSSR count). The number of aliphatic imine (C=N–C) groups is 1. The molecule has 5 heteroatoms. The fraction of sp³-hybridized carbons (Fsp3) is 0.500. The maximum Gasteiger partial charge on any atom is 0.142 e. The van der Waals surface area contributed by atoms with Gasteiger partial charge >= 0.3 is 0 Å². The molecule has 0 aromatic carbocycles. The Morgan fingerprint density at radius 1 is 1.47 bits per heavy atom. The lowest BCUT2D eigenvalue weighted by molar-refractivity contribution is 0.0336. The fourth-order valence-corrected chi connectivity index (χ4v) is 1.80. The molecule has 1 aromatic heterocycles. The van der Waals surface area contributed by atoms with E-state index in [2.05, 4.69) is 14.9 Å².